The zero-order valence-corrected chi connectivity index (χ0v) is 16.1. The van der Waals surface area contributed by atoms with Crippen molar-refractivity contribution in [3.63, 3.8) is 0 Å². The summed E-state index contributed by atoms with van der Waals surface area (Å²) in [4.78, 5) is 4.38. The van der Waals surface area contributed by atoms with Gasteiger partial charge in [-0.3, -0.25) is 9.67 Å². The number of para-hydroxylation sites is 1. The van der Waals surface area contributed by atoms with Gasteiger partial charge in [0.15, 0.2) is 0 Å². The number of hydrogen-bond donors (Lipinski definition) is 1. The first-order chi connectivity index (χ1) is 13.7. The Bertz CT molecular complexity index is 1190. The van der Waals surface area contributed by atoms with Gasteiger partial charge in [-0.2, -0.15) is 10.4 Å². The smallest absolute Gasteiger partial charge is 0.145 e. The second kappa shape index (κ2) is 7.75. The molecule has 2 aromatic carbocycles. The van der Waals surface area contributed by atoms with Crippen LogP contribution in [-0.2, 0) is 6.54 Å². The third-order valence-corrected chi connectivity index (χ3v) is 5.01. The molecule has 0 aliphatic rings. The summed E-state index contributed by atoms with van der Waals surface area (Å²) in [5, 5.41) is 19.8. The van der Waals surface area contributed by atoms with Crippen LogP contribution in [0.4, 0.5) is 5.69 Å². The predicted octanol–water partition coefficient (Wildman–Crippen LogP) is 4.62. The van der Waals surface area contributed by atoms with Crippen molar-refractivity contribution in [2.24, 2.45) is 0 Å². The largest absolute Gasteiger partial charge is 0.494 e. The molecular formula is C21H18ClN5O. The van der Waals surface area contributed by atoms with E-state index in [1.54, 1.807) is 19.5 Å². The number of aromatic nitrogens is 3. The van der Waals surface area contributed by atoms with E-state index in [4.69, 9.17) is 16.3 Å². The average molecular weight is 392 g/mol. The lowest BCUT2D eigenvalue weighted by molar-refractivity contribution is 0.419. The van der Waals surface area contributed by atoms with Crippen LogP contribution in [0.5, 0.6) is 5.75 Å². The molecule has 1 N–H and O–H groups in total. The summed E-state index contributed by atoms with van der Waals surface area (Å²) in [7, 11) is 1.61. The van der Waals surface area contributed by atoms with Gasteiger partial charge < -0.3 is 10.1 Å². The molecule has 4 aromatic rings. The maximum absolute atomic E-state index is 9.47. The minimum Gasteiger partial charge on any atom is -0.494 e. The van der Waals surface area contributed by atoms with Crippen LogP contribution in [0.15, 0.2) is 48.8 Å². The predicted molar refractivity (Wildman–Crippen MR) is 111 cm³/mol. The third kappa shape index (κ3) is 3.21. The van der Waals surface area contributed by atoms with Crippen molar-refractivity contribution >= 4 is 39.1 Å². The number of nitriles is 1. The van der Waals surface area contributed by atoms with E-state index in [-0.39, 0.29) is 0 Å². The van der Waals surface area contributed by atoms with Crippen molar-refractivity contribution in [1.82, 2.24) is 14.8 Å². The molecule has 0 bridgehead atoms. The first kappa shape index (κ1) is 18.1. The summed E-state index contributed by atoms with van der Waals surface area (Å²) in [5.74, 6) is 0.685. The van der Waals surface area contributed by atoms with Gasteiger partial charge in [-0.05, 0) is 24.6 Å². The van der Waals surface area contributed by atoms with Gasteiger partial charge in [-0.1, -0.05) is 29.8 Å². The van der Waals surface area contributed by atoms with Crippen LogP contribution in [0.3, 0.4) is 0 Å². The quantitative estimate of drug-likeness (QED) is 0.485. The number of nitrogens with one attached hydrogen (secondary N) is 1. The molecule has 0 aliphatic carbocycles. The highest BCUT2D eigenvalue weighted by Crippen LogP contribution is 2.31. The van der Waals surface area contributed by atoms with Crippen molar-refractivity contribution in [2.45, 2.75) is 13.0 Å². The number of methoxy groups -OCH3 is 1. The Kier molecular flexibility index (Phi) is 5.00. The summed E-state index contributed by atoms with van der Waals surface area (Å²) in [6.45, 7) is 1.43. The Morgan fingerprint density at radius 1 is 1.18 bits per heavy atom. The fraction of sp³-hybridized carbons (Fsp3) is 0.190. The van der Waals surface area contributed by atoms with Crippen LogP contribution >= 0.6 is 11.6 Å². The Hall–Kier alpha value is -3.30. The Morgan fingerprint density at radius 2 is 2.04 bits per heavy atom. The van der Waals surface area contributed by atoms with Crippen LogP contribution in [0.25, 0.3) is 21.8 Å². The molecule has 28 heavy (non-hydrogen) atoms. The normalized spacial score (nSPS) is 10.9. The standard InChI is InChI=1S/C21H18ClN5O/c1-28-19-8-2-5-15-20(14(11-23)12-25-21(15)19)24-9-4-10-27-18-7-3-6-17(22)16(18)13-26-27/h2-3,5-8,12-13H,4,9-10H2,1H3,(H,24,25). The minimum atomic E-state index is 0.511. The number of ether oxygens (including phenoxy) is 1. The number of rotatable bonds is 6. The summed E-state index contributed by atoms with van der Waals surface area (Å²) in [6.07, 6.45) is 4.21. The topological polar surface area (TPSA) is 75.8 Å². The van der Waals surface area contributed by atoms with Gasteiger partial charge in [0, 0.05) is 30.1 Å². The fourth-order valence-electron chi connectivity index (χ4n) is 3.32. The minimum absolute atomic E-state index is 0.511. The summed E-state index contributed by atoms with van der Waals surface area (Å²) in [6, 6.07) is 13.7. The van der Waals surface area contributed by atoms with Crippen LogP contribution in [-0.4, -0.2) is 28.4 Å². The van der Waals surface area contributed by atoms with E-state index in [1.807, 2.05) is 41.1 Å². The van der Waals surface area contributed by atoms with Crippen molar-refractivity contribution in [3.8, 4) is 11.8 Å². The lowest BCUT2D eigenvalue weighted by Crippen LogP contribution is -2.09. The zero-order valence-electron chi connectivity index (χ0n) is 15.3. The molecule has 0 atom stereocenters. The van der Waals surface area contributed by atoms with Crippen molar-refractivity contribution in [1.29, 1.82) is 5.26 Å². The number of benzene rings is 2. The third-order valence-electron chi connectivity index (χ3n) is 4.68. The number of fused-ring (bicyclic) bond motifs is 2. The van der Waals surface area contributed by atoms with E-state index in [2.05, 4.69) is 21.5 Å². The van der Waals surface area contributed by atoms with E-state index in [9.17, 15) is 5.26 Å². The van der Waals surface area contributed by atoms with Gasteiger partial charge in [-0.15, -0.1) is 0 Å². The number of pyridine rings is 1. The van der Waals surface area contributed by atoms with Crippen molar-refractivity contribution in [2.75, 3.05) is 19.0 Å². The number of hydrogen-bond acceptors (Lipinski definition) is 5. The van der Waals surface area contributed by atoms with E-state index in [0.29, 0.717) is 22.9 Å². The molecule has 140 valence electrons. The molecule has 0 amide bonds. The van der Waals surface area contributed by atoms with Crippen molar-refractivity contribution in [3.05, 3.63) is 59.4 Å². The molecule has 0 saturated carbocycles. The van der Waals surface area contributed by atoms with Gasteiger partial charge in [0.05, 0.1) is 35.1 Å². The summed E-state index contributed by atoms with van der Waals surface area (Å²) >= 11 is 6.21. The molecular weight excluding hydrogens is 374 g/mol. The maximum atomic E-state index is 9.47. The number of aryl methyl sites for hydroxylation is 1. The maximum Gasteiger partial charge on any atom is 0.145 e. The molecule has 6 nitrogen and oxygen atoms in total. The molecule has 0 radical (unpaired) electrons. The molecule has 0 unspecified atom stereocenters. The molecule has 2 heterocycles. The van der Waals surface area contributed by atoms with E-state index >= 15 is 0 Å². The Labute approximate surface area is 167 Å². The van der Waals surface area contributed by atoms with Crippen LogP contribution < -0.4 is 10.1 Å². The molecule has 7 heteroatoms. The highest BCUT2D eigenvalue weighted by atomic mass is 35.5. The first-order valence-electron chi connectivity index (χ1n) is 8.92. The highest BCUT2D eigenvalue weighted by Gasteiger charge is 2.12. The first-order valence-corrected chi connectivity index (χ1v) is 9.30. The number of anilines is 1. The molecule has 0 aliphatic heterocycles. The Morgan fingerprint density at radius 3 is 2.86 bits per heavy atom. The van der Waals surface area contributed by atoms with Gasteiger partial charge in [-0.25, -0.2) is 0 Å². The zero-order chi connectivity index (χ0) is 19.5. The molecule has 0 fully saturated rings. The SMILES string of the molecule is COc1cccc2c(NCCCn3ncc4c(Cl)cccc43)c(C#N)cnc12. The lowest BCUT2D eigenvalue weighted by atomic mass is 10.1. The van der Waals surface area contributed by atoms with Gasteiger partial charge in [0.25, 0.3) is 0 Å². The van der Waals surface area contributed by atoms with Crippen LogP contribution in [0.2, 0.25) is 5.02 Å². The second-order valence-corrected chi connectivity index (χ2v) is 6.74. The average Bonchev–Trinajstić information content (AvgIpc) is 3.15. The van der Waals surface area contributed by atoms with Crippen molar-refractivity contribution < 1.29 is 4.74 Å². The summed E-state index contributed by atoms with van der Waals surface area (Å²) < 4.78 is 7.33. The monoisotopic (exact) mass is 391 g/mol. The van der Waals surface area contributed by atoms with Gasteiger partial charge in [0.1, 0.15) is 17.3 Å². The Balaban J connectivity index is 1.52. The number of halogens is 1. The second-order valence-electron chi connectivity index (χ2n) is 6.34. The molecule has 0 spiro atoms. The number of nitrogens with zero attached hydrogens (tertiary/aromatic N) is 4. The molecule has 4 rings (SSSR count). The van der Waals surface area contributed by atoms with E-state index < -0.39 is 0 Å². The molecule has 0 saturated heterocycles. The molecule has 2 aromatic heterocycles. The van der Waals surface area contributed by atoms with Gasteiger partial charge >= 0.3 is 0 Å². The summed E-state index contributed by atoms with van der Waals surface area (Å²) in [5.41, 5.74) is 3.04. The lowest BCUT2D eigenvalue weighted by Gasteiger charge is -2.13. The van der Waals surface area contributed by atoms with Crippen LogP contribution in [0, 0.1) is 11.3 Å². The fourth-order valence-corrected chi connectivity index (χ4v) is 3.54. The van der Waals surface area contributed by atoms with E-state index in [0.717, 1.165) is 40.5 Å². The van der Waals surface area contributed by atoms with Gasteiger partial charge in [0.2, 0.25) is 0 Å². The highest BCUT2D eigenvalue weighted by molar-refractivity contribution is 6.35. The van der Waals surface area contributed by atoms with E-state index in [1.165, 1.54) is 0 Å². The van der Waals surface area contributed by atoms with Crippen LogP contribution in [0.1, 0.15) is 12.0 Å².